The third kappa shape index (κ3) is 4.42. The number of hydrogen-bond acceptors (Lipinski definition) is 3. The highest BCUT2D eigenvalue weighted by atomic mass is 19.2. The van der Waals surface area contributed by atoms with Gasteiger partial charge in [0.15, 0.2) is 11.6 Å². The lowest BCUT2D eigenvalue weighted by Crippen LogP contribution is -2.23. The maximum atomic E-state index is 13.2. The number of anilines is 2. The van der Waals surface area contributed by atoms with Gasteiger partial charge in [-0.25, -0.2) is 13.8 Å². The second kappa shape index (κ2) is 7.74. The second-order valence-electron chi connectivity index (χ2n) is 5.86. The Morgan fingerprint density at radius 3 is 2.50 bits per heavy atom. The zero-order chi connectivity index (χ0) is 18.5. The predicted molar refractivity (Wildman–Crippen MR) is 96.2 cm³/mol. The molecule has 0 aliphatic rings. The molecule has 0 aliphatic carbocycles. The summed E-state index contributed by atoms with van der Waals surface area (Å²) < 4.78 is 26.2. The number of halogens is 2. The third-order valence-electron chi connectivity index (χ3n) is 3.74. The molecule has 3 aromatic rings. The average molecular weight is 353 g/mol. The van der Waals surface area contributed by atoms with Gasteiger partial charge < -0.3 is 10.6 Å². The Labute approximate surface area is 149 Å². The Bertz CT molecular complexity index is 927. The molecule has 0 spiro atoms. The van der Waals surface area contributed by atoms with E-state index < -0.39 is 11.6 Å². The van der Waals surface area contributed by atoms with Crippen molar-refractivity contribution in [2.45, 2.75) is 13.5 Å². The molecule has 0 saturated heterocycles. The summed E-state index contributed by atoms with van der Waals surface area (Å²) in [5.41, 5.74) is 3.36. The van der Waals surface area contributed by atoms with Crippen molar-refractivity contribution in [2.75, 3.05) is 5.32 Å². The van der Waals surface area contributed by atoms with E-state index >= 15 is 0 Å². The van der Waals surface area contributed by atoms with Crippen molar-refractivity contribution < 1.29 is 13.6 Å². The molecule has 6 heteroatoms. The van der Waals surface area contributed by atoms with Gasteiger partial charge in [0.25, 0.3) is 5.91 Å². The first-order valence-corrected chi connectivity index (χ1v) is 8.03. The minimum absolute atomic E-state index is 0.272. The number of nitrogens with one attached hydrogen (secondary N) is 2. The van der Waals surface area contributed by atoms with Crippen LogP contribution >= 0.6 is 0 Å². The van der Waals surface area contributed by atoms with Crippen molar-refractivity contribution in [3.05, 3.63) is 89.2 Å². The van der Waals surface area contributed by atoms with Crippen molar-refractivity contribution in [1.29, 1.82) is 0 Å². The lowest BCUT2D eigenvalue weighted by atomic mass is 10.1. The van der Waals surface area contributed by atoms with Crippen LogP contribution in [0.15, 0.2) is 60.8 Å². The molecule has 2 N–H and O–H groups in total. The monoisotopic (exact) mass is 353 g/mol. The molecular weight excluding hydrogens is 336 g/mol. The lowest BCUT2D eigenvalue weighted by Gasteiger charge is -2.08. The highest BCUT2D eigenvalue weighted by Gasteiger charge is 2.08. The highest BCUT2D eigenvalue weighted by Crippen LogP contribution is 2.18. The number of benzene rings is 2. The third-order valence-corrected chi connectivity index (χ3v) is 3.74. The van der Waals surface area contributed by atoms with E-state index in [-0.39, 0.29) is 11.6 Å². The maximum absolute atomic E-state index is 13.2. The molecule has 1 heterocycles. The summed E-state index contributed by atoms with van der Waals surface area (Å²) >= 11 is 0. The van der Waals surface area contributed by atoms with Gasteiger partial charge in [-0.15, -0.1) is 0 Å². The van der Waals surface area contributed by atoms with Gasteiger partial charge in [0.1, 0.15) is 5.69 Å². The Kier molecular flexibility index (Phi) is 5.22. The van der Waals surface area contributed by atoms with E-state index in [1.165, 1.54) is 12.3 Å². The van der Waals surface area contributed by atoms with Crippen molar-refractivity contribution in [3.63, 3.8) is 0 Å². The lowest BCUT2D eigenvalue weighted by molar-refractivity contribution is 0.0946. The van der Waals surface area contributed by atoms with E-state index in [0.29, 0.717) is 17.9 Å². The second-order valence-corrected chi connectivity index (χ2v) is 5.86. The predicted octanol–water partition coefficient (Wildman–Crippen LogP) is 4.34. The van der Waals surface area contributed by atoms with Crippen molar-refractivity contribution in [1.82, 2.24) is 10.3 Å². The van der Waals surface area contributed by atoms with Crippen LogP contribution in [0.1, 0.15) is 21.6 Å². The van der Waals surface area contributed by atoms with Crippen LogP contribution in [0.3, 0.4) is 0 Å². The number of rotatable bonds is 5. The van der Waals surface area contributed by atoms with Crippen LogP contribution in [0, 0.1) is 18.6 Å². The fraction of sp³-hybridized carbons (Fsp3) is 0.100. The number of carbonyl (C=O) groups is 1. The van der Waals surface area contributed by atoms with E-state index in [1.54, 1.807) is 12.1 Å². The fourth-order valence-electron chi connectivity index (χ4n) is 2.44. The van der Waals surface area contributed by atoms with Crippen LogP contribution in [0.2, 0.25) is 0 Å². The van der Waals surface area contributed by atoms with Gasteiger partial charge in [-0.1, -0.05) is 29.8 Å². The van der Waals surface area contributed by atoms with Crippen LogP contribution in [0.4, 0.5) is 20.2 Å². The molecule has 0 atom stereocenters. The Morgan fingerprint density at radius 1 is 1.00 bits per heavy atom. The molecule has 132 valence electrons. The molecule has 3 rings (SSSR count). The van der Waals surface area contributed by atoms with Crippen LogP contribution in [-0.4, -0.2) is 10.9 Å². The largest absolute Gasteiger partial charge is 0.354 e. The smallest absolute Gasteiger partial charge is 0.270 e. The number of nitrogens with zero attached hydrogens (tertiary/aromatic N) is 1. The maximum Gasteiger partial charge on any atom is 0.270 e. The molecule has 26 heavy (non-hydrogen) atoms. The summed E-state index contributed by atoms with van der Waals surface area (Å²) in [6.45, 7) is 2.41. The molecule has 4 nitrogen and oxygen atoms in total. The topological polar surface area (TPSA) is 54.0 Å². The summed E-state index contributed by atoms with van der Waals surface area (Å²) in [7, 11) is 0. The standard InChI is InChI=1S/C20H17F2N3O/c1-13-3-2-4-14(9-13)11-24-20(26)19-8-6-16(12-23-19)25-15-5-7-17(21)18(22)10-15/h2-10,12,25H,11H2,1H3,(H,24,26). The molecular formula is C20H17F2N3O. The van der Waals surface area contributed by atoms with E-state index in [9.17, 15) is 13.6 Å². The van der Waals surface area contributed by atoms with Gasteiger partial charge in [-0.3, -0.25) is 4.79 Å². The minimum atomic E-state index is -0.935. The molecule has 2 aromatic carbocycles. The molecule has 0 saturated carbocycles. The van der Waals surface area contributed by atoms with E-state index in [4.69, 9.17) is 0 Å². The van der Waals surface area contributed by atoms with Gasteiger partial charge in [0.2, 0.25) is 0 Å². The normalized spacial score (nSPS) is 10.4. The fourth-order valence-corrected chi connectivity index (χ4v) is 2.44. The number of aromatic nitrogens is 1. The van der Waals surface area contributed by atoms with Crippen molar-refractivity contribution in [2.24, 2.45) is 0 Å². The highest BCUT2D eigenvalue weighted by molar-refractivity contribution is 5.92. The zero-order valence-electron chi connectivity index (χ0n) is 14.1. The quantitative estimate of drug-likeness (QED) is 0.717. The Hall–Kier alpha value is -3.28. The molecule has 0 radical (unpaired) electrons. The van der Waals surface area contributed by atoms with Gasteiger partial charge in [0, 0.05) is 18.3 Å². The van der Waals surface area contributed by atoms with Crippen molar-refractivity contribution in [3.8, 4) is 0 Å². The van der Waals surface area contributed by atoms with Crippen LogP contribution in [0.25, 0.3) is 0 Å². The summed E-state index contributed by atoms with van der Waals surface area (Å²) in [5, 5.41) is 5.71. The Morgan fingerprint density at radius 2 is 1.81 bits per heavy atom. The first-order chi connectivity index (χ1) is 12.5. The summed E-state index contributed by atoms with van der Waals surface area (Å²) in [5.74, 6) is -2.13. The minimum Gasteiger partial charge on any atom is -0.354 e. The van der Waals surface area contributed by atoms with E-state index in [0.717, 1.165) is 23.3 Å². The van der Waals surface area contributed by atoms with Crippen LogP contribution in [-0.2, 0) is 6.54 Å². The first kappa shape index (κ1) is 17.5. The van der Waals surface area contributed by atoms with Gasteiger partial charge in [0.05, 0.1) is 11.9 Å². The van der Waals surface area contributed by atoms with E-state index in [1.807, 2.05) is 31.2 Å². The number of carbonyl (C=O) groups excluding carboxylic acids is 1. The summed E-state index contributed by atoms with van der Waals surface area (Å²) in [4.78, 5) is 16.3. The SMILES string of the molecule is Cc1cccc(CNC(=O)c2ccc(Nc3ccc(F)c(F)c3)cn2)c1. The number of hydrogen-bond donors (Lipinski definition) is 2. The Balaban J connectivity index is 1.61. The van der Waals surface area contributed by atoms with Gasteiger partial charge in [-0.2, -0.15) is 0 Å². The summed E-state index contributed by atoms with van der Waals surface area (Å²) in [6, 6.07) is 14.6. The summed E-state index contributed by atoms with van der Waals surface area (Å²) in [6.07, 6.45) is 1.46. The average Bonchev–Trinajstić information content (AvgIpc) is 2.63. The van der Waals surface area contributed by atoms with Gasteiger partial charge in [-0.05, 0) is 36.8 Å². The van der Waals surface area contributed by atoms with E-state index in [2.05, 4.69) is 15.6 Å². The molecule has 1 amide bonds. The molecule has 0 unspecified atom stereocenters. The number of aryl methyl sites for hydroxylation is 1. The first-order valence-electron chi connectivity index (χ1n) is 8.03. The number of amides is 1. The van der Waals surface area contributed by atoms with Gasteiger partial charge >= 0.3 is 0 Å². The zero-order valence-corrected chi connectivity index (χ0v) is 14.1. The number of pyridine rings is 1. The molecule has 0 bridgehead atoms. The molecule has 0 aliphatic heterocycles. The molecule has 1 aromatic heterocycles. The van der Waals surface area contributed by atoms with Crippen LogP contribution < -0.4 is 10.6 Å². The van der Waals surface area contributed by atoms with Crippen molar-refractivity contribution >= 4 is 17.3 Å². The molecule has 0 fully saturated rings. The van der Waals surface area contributed by atoms with Crippen LogP contribution in [0.5, 0.6) is 0 Å².